The van der Waals surface area contributed by atoms with E-state index in [2.05, 4.69) is 10.5 Å². The molecule has 0 aliphatic carbocycles. The molecule has 0 fully saturated rings. The van der Waals surface area contributed by atoms with E-state index in [1.807, 2.05) is 31.2 Å². The predicted molar refractivity (Wildman–Crippen MR) is 91.4 cm³/mol. The summed E-state index contributed by atoms with van der Waals surface area (Å²) >= 11 is 0. The van der Waals surface area contributed by atoms with E-state index in [9.17, 15) is 9.18 Å². The van der Waals surface area contributed by atoms with Crippen LogP contribution >= 0.6 is 0 Å². The third-order valence-electron chi connectivity index (χ3n) is 3.69. The molecule has 0 aliphatic heterocycles. The van der Waals surface area contributed by atoms with Crippen LogP contribution in [0.5, 0.6) is 0 Å². The molecule has 0 unspecified atom stereocenters. The fourth-order valence-corrected chi connectivity index (χ4v) is 2.52. The van der Waals surface area contributed by atoms with Gasteiger partial charge in [-0.2, -0.15) is 5.10 Å². The lowest BCUT2D eigenvalue weighted by Gasteiger charge is -2.00. The van der Waals surface area contributed by atoms with Gasteiger partial charge in [0.2, 0.25) is 5.91 Å². The number of para-hydroxylation sites is 1. The largest absolute Gasteiger partial charge is 0.460 e. The maximum Gasteiger partial charge on any atom is 0.244 e. The number of furan rings is 1. The number of rotatable bonds is 5. The molecule has 0 saturated heterocycles. The van der Waals surface area contributed by atoms with Crippen molar-refractivity contribution < 1.29 is 13.6 Å². The average Bonchev–Trinajstić information content (AvgIpc) is 2.95. The monoisotopic (exact) mass is 324 g/mol. The highest BCUT2D eigenvalue weighted by atomic mass is 19.1. The van der Waals surface area contributed by atoms with E-state index >= 15 is 0 Å². The molecule has 0 atom stereocenters. The van der Waals surface area contributed by atoms with Crippen LogP contribution < -0.4 is 5.43 Å². The molecule has 24 heavy (non-hydrogen) atoms. The summed E-state index contributed by atoms with van der Waals surface area (Å²) in [5.41, 5.74) is 4.89. The maximum absolute atomic E-state index is 12.8. The van der Waals surface area contributed by atoms with E-state index in [-0.39, 0.29) is 18.1 Å². The van der Waals surface area contributed by atoms with Gasteiger partial charge < -0.3 is 4.42 Å². The number of aryl methyl sites for hydroxylation is 1. The summed E-state index contributed by atoms with van der Waals surface area (Å²) in [6.45, 7) is 2.00. The van der Waals surface area contributed by atoms with Gasteiger partial charge in [0.15, 0.2) is 0 Å². The van der Waals surface area contributed by atoms with E-state index in [1.165, 1.54) is 12.1 Å². The van der Waals surface area contributed by atoms with Crippen LogP contribution in [0.4, 0.5) is 4.39 Å². The summed E-state index contributed by atoms with van der Waals surface area (Å²) in [7, 11) is 0. The summed E-state index contributed by atoms with van der Waals surface area (Å²) in [5.74, 6) is 0.243. The number of nitrogens with one attached hydrogen (secondary N) is 1. The van der Waals surface area contributed by atoms with Crippen LogP contribution in [0.3, 0.4) is 0 Å². The van der Waals surface area contributed by atoms with Crippen molar-refractivity contribution in [2.75, 3.05) is 0 Å². The van der Waals surface area contributed by atoms with Crippen molar-refractivity contribution >= 4 is 23.1 Å². The van der Waals surface area contributed by atoms with Gasteiger partial charge in [-0.3, -0.25) is 4.79 Å². The van der Waals surface area contributed by atoms with Crippen molar-refractivity contribution in [3.63, 3.8) is 0 Å². The number of benzene rings is 2. The predicted octanol–water partition coefficient (Wildman–Crippen LogP) is 3.83. The van der Waals surface area contributed by atoms with Gasteiger partial charge in [0.1, 0.15) is 17.2 Å². The van der Waals surface area contributed by atoms with Gasteiger partial charge in [-0.15, -0.1) is 0 Å². The van der Waals surface area contributed by atoms with Crippen LogP contribution in [0.1, 0.15) is 23.8 Å². The second kappa shape index (κ2) is 7.08. The fraction of sp³-hybridized carbons (Fsp3) is 0.158. The van der Waals surface area contributed by atoms with E-state index in [1.54, 1.807) is 18.3 Å². The summed E-state index contributed by atoms with van der Waals surface area (Å²) in [4.78, 5) is 11.9. The highest BCUT2D eigenvalue weighted by molar-refractivity contribution is 5.99. The molecule has 3 aromatic rings. The zero-order chi connectivity index (χ0) is 16.9. The van der Waals surface area contributed by atoms with Crippen LogP contribution in [0.25, 0.3) is 11.0 Å². The Labute approximate surface area is 139 Å². The van der Waals surface area contributed by atoms with Crippen molar-refractivity contribution in [3.05, 3.63) is 71.2 Å². The van der Waals surface area contributed by atoms with E-state index in [0.29, 0.717) is 0 Å². The second-order valence-electron chi connectivity index (χ2n) is 5.39. The molecule has 0 saturated carbocycles. The standard InChI is InChI=1S/C19H17FN2O2/c1-2-17-16(15-5-3-4-6-18(15)24-17)12-21-22-19(23)11-13-7-9-14(20)10-8-13/h3-10,12H,2,11H2,1H3,(H,22,23)/b21-12-. The van der Waals surface area contributed by atoms with Crippen molar-refractivity contribution in [1.82, 2.24) is 5.43 Å². The lowest BCUT2D eigenvalue weighted by Crippen LogP contribution is -2.19. The van der Waals surface area contributed by atoms with Gasteiger partial charge in [0.05, 0.1) is 12.6 Å². The van der Waals surface area contributed by atoms with Crippen LogP contribution in [0.2, 0.25) is 0 Å². The molecule has 1 N–H and O–H groups in total. The molecule has 2 aromatic carbocycles. The number of hydrogen-bond acceptors (Lipinski definition) is 3. The normalized spacial score (nSPS) is 11.2. The SMILES string of the molecule is CCc1oc2ccccc2c1/C=N\NC(=O)Cc1ccc(F)cc1. The molecule has 3 rings (SSSR count). The Morgan fingerprint density at radius 2 is 1.96 bits per heavy atom. The third kappa shape index (κ3) is 3.51. The van der Waals surface area contributed by atoms with Crippen molar-refractivity contribution in [2.45, 2.75) is 19.8 Å². The topological polar surface area (TPSA) is 54.6 Å². The molecule has 0 spiro atoms. The minimum absolute atomic E-state index is 0.143. The molecule has 5 heteroatoms. The summed E-state index contributed by atoms with van der Waals surface area (Å²) in [6.07, 6.45) is 2.48. The van der Waals surface area contributed by atoms with E-state index in [4.69, 9.17) is 4.42 Å². The first-order valence-electron chi connectivity index (χ1n) is 7.74. The van der Waals surface area contributed by atoms with Crippen molar-refractivity contribution in [1.29, 1.82) is 0 Å². The van der Waals surface area contributed by atoms with Gasteiger partial charge in [0, 0.05) is 17.4 Å². The number of nitrogens with zero attached hydrogens (tertiary/aromatic N) is 1. The van der Waals surface area contributed by atoms with Gasteiger partial charge in [-0.05, 0) is 23.8 Å². The Morgan fingerprint density at radius 3 is 2.71 bits per heavy atom. The third-order valence-corrected chi connectivity index (χ3v) is 3.69. The Bertz CT molecular complexity index is 882. The average molecular weight is 324 g/mol. The van der Waals surface area contributed by atoms with Crippen LogP contribution in [-0.4, -0.2) is 12.1 Å². The molecule has 0 aliphatic rings. The first-order chi connectivity index (χ1) is 11.7. The number of fused-ring (bicyclic) bond motifs is 1. The zero-order valence-electron chi connectivity index (χ0n) is 13.3. The number of hydrogen-bond donors (Lipinski definition) is 1. The molecule has 1 amide bonds. The van der Waals surface area contributed by atoms with Crippen LogP contribution in [0.15, 0.2) is 58.0 Å². The maximum atomic E-state index is 12.8. The summed E-state index contributed by atoms with van der Waals surface area (Å²) in [6, 6.07) is 13.5. The first kappa shape index (κ1) is 15.9. The summed E-state index contributed by atoms with van der Waals surface area (Å²) < 4.78 is 18.6. The Hall–Kier alpha value is -2.95. The Balaban J connectivity index is 1.70. The molecule has 0 radical (unpaired) electrons. The smallest absolute Gasteiger partial charge is 0.244 e. The van der Waals surface area contributed by atoms with E-state index in [0.717, 1.165) is 34.3 Å². The minimum Gasteiger partial charge on any atom is -0.460 e. The minimum atomic E-state index is -0.323. The van der Waals surface area contributed by atoms with Gasteiger partial charge in [-0.1, -0.05) is 37.3 Å². The fourth-order valence-electron chi connectivity index (χ4n) is 2.52. The molecular weight excluding hydrogens is 307 g/mol. The molecule has 4 nitrogen and oxygen atoms in total. The Morgan fingerprint density at radius 1 is 1.21 bits per heavy atom. The molecule has 122 valence electrons. The lowest BCUT2D eigenvalue weighted by atomic mass is 10.1. The van der Waals surface area contributed by atoms with Crippen molar-refractivity contribution in [2.24, 2.45) is 5.10 Å². The number of amides is 1. The lowest BCUT2D eigenvalue weighted by molar-refractivity contribution is -0.120. The molecule has 1 heterocycles. The van der Waals surface area contributed by atoms with Gasteiger partial charge in [0.25, 0.3) is 0 Å². The number of carbonyl (C=O) groups excluding carboxylic acids is 1. The number of carbonyl (C=O) groups is 1. The van der Waals surface area contributed by atoms with Crippen molar-refractivity contribution in [3.8, 4) is 0 Å². The van der Waals surface area contributed by atoms with Crippen LogP contribution in [-0.2, 0) is 17.6 Å². The zero-order valence-corrected chi connectivity index (χ0v) is 13.3. The Kier molecular flexibility index (Phi) is 4.70. The first-order valence-corrected chi connectivity index (χ1v) is 7.74. The van der Waals surface area contributed by atoms with Crippen LogP contribution in [0, 0.1) is 5.82 Å². The molecular formula is C19H17FN2O2. The number of hydrazone groups is 1. The second-order valence-corrected chi connectivity index (χ2v) is 5.39. The number of halogens is 1. The molecule has 1 aromatic heterocycles. The van der Waals surface area contributed by atoms with Gasteiger partial charge >= 0.3 is 0 Å². The highest BCUT2D eigenvalue weighted by Crippen LogP contribution is 2.24. The quantitative estimate of drug-likeness (QED) is 0.573. The highest BCUT2D eigenvalue weighted by Gasteiger charge is 2.10. The van der Waals surface area contributed by atoms with Gasteiger partial charge in [-0.25, -0.2) is 9.82 Å². The molecule has 0 bridgehead atoms. The van der Waals surface area contributed by atoms with E-state index < -0.39 is 0 Å². The summed E-state index contributed by atoms with van der Waals surface area (Å²) in [5, 5.41) is 4.99.